The molecule has 1 atom stereocenters. The fourth-order valence-electron chi connectivity index (χ4n) is 2.47. The third-order valence-electron chi connectivity index (χ3n) is 3.71. The molecule has 110 valence electrons. The topological polar surface area (TPSA) is 20.2 Å². The minimum atomic E-state index is -0.196. The van der Waals surface area contributed by atoms with E-state index in [1.807, 2.05) is 13.0 Å². The second-order valence-electron chi connectivity index (χ2n) is 5.63. The molecule has 0 amide bonds. The molecule has 0 fully saturated rings. The lowest BCUT2D eigenvalue weighted by Gasteiger charge is -2.07. The number of hydrogen-bond acceptors (Lipinski definition) is 1. The number of aryl methyl sites for hydroxylation is 1. The van der Waals surface area contributed by atoms with Crippen LogP contribution in [0.5, 0.6) is 0 Å². The lowest BCUT2D eigenvalue weighted by atomic mass is 10.00. The standard InChI is InChI=1S/C20H24O/c1-3-5-17-8-12-19(13-9-17)20-14-10-18(11-15-20)7-4-6-16(2)21/h3,8-16,21H,1,4-7H2,2H3. The highest BCUT2D eigenvalue weighted by Gasteiger charge is 2.00. The summed E-state index contributed by atoms with van der Waals surface area (Å²) in [4.78, 5) is 0. The van der Waals surface area contributed by atoms with E-state index in [2.05, 4.69) is 55.1 Å². The summed E-state index contributed by atoms with van der Waals surface area (Å²) in [6.45, 7) is 5.61. The van der Waals surface area contributed by atoms with Crippen LogP contribution in [0.1, 0.15) is 30.9 Å². The van der Waals surface area contributed by atoms with Gasteiger partial charge in [0.2, 0.25) is 0 Å². The van der Waals surface area contributed by atoms with Gasteiger partial charge in [0, 0.05) is 0 Å². The van der Waals surface area contributed by atoms with Crippen LogP contribution in [-0.4, -0.2) is 11.2 Å². The van der Waals surface area contributed by atoms with E-state index in [0.717, 1.165) is 25.7 Å². The van der Waals surface area contributed by atoms with E-state index in [9.17, 15) is 5.11 Å². The van der Waals surface area contributed by atoms with Crippen LogP contribution in [0.15, 0.2) is 61.2 Å². The number of rotatable bonds is 7. The number of allylic oxidation sites excluding steroid dienone is 1. The van der Waals surface area contributed by atoms with Crippen LogP contribution in [0.4, 0.5) is 0 Å². The SMILES string of the molecule is C=CCc1ccc(-c2ccc(CCCC(C)O)cc2)cc1. The first kappa shape index (κ1) is 15.5. The van der Waals surface area contributed by atoms with Gasteiger partial charge in [-0.1, -0.05) is 54.6 Å². The van der Waals surface area contributed by atoms with Crippen LogP contribution in [-0.2, 0) is 12.8 Å². The summed E-state index contributed by atoms with van der Waals surface area (Å²) in [5.74, 6) is 0. The maximum Gasteiger partial charge on any atom is 0.0512 e. The highest BCUT2D eigenvalue weighted by atomic mass is 16.3. The molecule has 0 aliphatic carbocycles. The van der Waals surface area contributed by atoms with Crippen molar-refractivity contribution in [2.24, 2.45) is 0 Å². The number of hydrogen-bond donors (Lipinski definition) is 1. The first-order valence-electron chi connectivity index (χ1n) is 7.66. The average Bonchev–Trinajstić information content (AvgIpc) is 2.49. The number of benzene rings is 2. The van der Waals surface area contributed by atoms with E-state index in [-0.39, 0.29) is 6.10 Å². The summed E-state index contributed by atoms with van der Waals surface area (Å²) in [5.41, 5.74) is 5.13. The van der Waals surface area contributed by atoms with Gasteiger partial charge in [-0.2, -0.15) is 0 Å². The first-order valence-corrected chi connectivity index (χ1v) is 7.66. The molecule has 0 spiro atoms. The van der Waals surface area contributed by atoms with Crippen molar-refractivity contribution < 1.29 is 5.11 Å². The van der Waals surface area contributed by atoms with E-state index in [1.54, 1.807) is 0 Å². The Hall–Kier alpha value is -1.86. The summed E-state index contributed by atoms with van der Waals surface area (Å²) in [6.07, 6.45) is 5.58. The Labute approximate surface area is 128 Å². The third kappa shape index (κ3) is 4.87. The average molecular weight is 280 g/mol. The van der Waals surface area contributed by atoms with Gasteiger partial charge in [0.25, 0.3) is 0 Å². The largest absolute Gasteiger partial charge is 0.393 e. The van der Waals surface area contributed by atoms with Gasteiger partial charge in [-0.05, 0) is 54.9 Å². The highest BCUT2D eigenvalue weighted by molar-refractivity contribution is 5.64. The van der Waals surface area contributed by atoms with E-state index < -0.39 is 0 Å². The molecule has 1 N–H and O–H groups in total. The van der Waals surface area contributed by atoms with Crippen molar-refractivity contribution in [3.63, 3.8) is 0 Å². The van der Waals surface area contributed by atoms with Crippen molar-refractivity contribution in [1.29, 1.82) is 0 Å². The zero-order valence-electron chi connectivity index (χ0n) is 12.8. The zero-order chi connectivity index (χ0) is 15.1. The molecule has 2 aromatic carbocycles. The van der Waals surface area contributed by atoms with Crippen molar-refractivity contribution in [2.45, 2.75) is 38.7 Å². The molecule has 0 heterocycles. The second kappa shape index (κ2) is 7.80. The summed E-state index contributed by atoms with van der Waals surface area (Å²) in [5, 5.41) is 9.28. The summed E-state index contributed by atoms with van der Waals surface area (Å²) in [7, 11) is 0. The Morgan fingerprint density at radius 1 is 0.952 bits per heavy atom. The molecule has 21 heavy (non-hydrogen) atoms. The van der Waals surface area contributed by atoms with Crippen molar-refractivity contribution in [3.8, 4) is 11.1 Å². The van der Waals surface area contributed by atoms with Crippen molar-refractivity contribution in [2.75, 3.05) is 0 Å². The third-order valence-corrected chi connectivity index (χ3v) is 3.71. The fourth-order valence-corrected chi connectivity index (χ4v) is 2.47. The monoisotopic (exact) mass is 280 g/mol. The molecule has 0 saturated carbocycles. The van der Waals surface area contributed by atoms with Crippen LogP contribution < -0.4 is 0 Å². The van der Waals surface area contributed by atoms with Crippen LogP contribution >= 0.6 is 0 Å². The molecular weight excluding hydrogens is 256 g/mol. The Bertz CT molecular complexity index is 549. The highest BCUT2D eigenvalue weighted by Crippen LogP contribution is 2.21. The van der Waals surface area contributed by atoms with Gasteiger partial charge in [0.1, 0.15) is 0 Å². The maximum absolute atomic E-state index is 9.28. The van der Waals surface area contributed by atoms with Gasteiger partial charge in [0.15, 0.2) is 0 Å². The van der Waals surface area contributed by atoms with Crippen molar-refractivity contribution in [1.82, 2.24) is 0 Å². The number of aliphatic hydroxyl groups is 1. The van der Waals surface area contributed by atoms with E-state index in [0.29, 0.717) is 0 Å². The summed E-state index contributed by atoms with van der Waals surface area (Å²) in [6, 6.07) is 17.4. The summed E-state index contributed by atoms with van der Waals surface area (Å²) >= 11 is 0. The Balaban J connectivity index is 1.99. The van der Waals surface area contributed by atoms with E-state index in [4.69, 9.17) is 0 Å². The van der Waals surface area contributed by atoms with Crippen LogP contribution in [0, 0.1) is 0 Å². The molecule has 1 nitrogen and oxygen atoms in total. The molecule has 2 aromatic rings. The molecule has 0 aliphatic heterocycles. The Morgan fingerprint density at radius 3 is 1.95 bits per heavy atom. The van der Waals surface area contributed by atoms with Gasteiger partial charge < -0.3 is 5.11 Å². The minimum absolute atomic E-state index is 0.196. The van der Waals surface area contributed by atoms with Crippen molar-refractivity contribution in [3.05, 3.63) is 72.3 Å². The van der Waals surface area contributed by atoms with Crippen LogP contribution in [0.25, 0.3) is 11.1 Å². The maximum atomic E-state index is 9.28. The molecule has 0 radical (unpaired) electrons. The Morgan fingerprint density at radius 2 is 1.48 bits per heavy atom. The molecular formula is C20H24O. The fraction of sp³-hybridized carbons (Fsp3) is 0.300. The summed E-state index contributed by atoms with van der Waals surface area (Å²) < 4.78 is 0. The quantitative estimate of drug-likeness (QED) is 0.723. The molecule has 0 bridgehead atoms. The predicted octanol–water partition coefficient (Wildman–Crippen LogP) is 4.79. The molecule has 0 aromatic heterocycles. The van der Waals surface area contributed by atoms with Gasteiger partial charge >= 0.3 is 0 Å². The van der Waals surface area contributed by atoms with Crippen LogP contribution in [0.3, 0.4) is 0 Å². The second-order valence-corrected chi connectivity index (χ2v) is 5.63. The van der Waals surface area contributed by atoms with Crippen LogP contribution in [0.2, 0.25) is 0 Å². The molecule has 0 saturated heterocycles. The molecule has 0 aliphatic rings. The molecule has 1 heteroatoms. The van der Waals surface area contributed by atoms with Crippen molar-refractivity contribution >= 4 is 0 Å². The van der Waals surface area contributed by atoms with E-state index in [1.165, 1.54) is 22.3 Å². The van der Waals surface area contributed by atoms with Gasteiger partial charge in [-0.15, -0.1) is 6.58 Å². The lowest BCUT2D eigenvalue weighted by Crippen LogP contribution is -1.99. The lowest BCUT2D eigenvalue weighted by molar-refractivity contribution is 0.182. The molecule has 2 rings (SSSR count). The first-order chi connectivity index (χ1) is 10.2. The van der Waals surface area contributed by atoms with E-state index >= 15 is 0 Å². The predicted molar refractivity (Wildman–Crippen MR) is 90.4 cm³/mol. The smallest absolute Gasteiger partial charge is 0.0512 e. The van der Waals surface area contributed by atoms with Gasteiger partial charge in [-0.3, -0.25) is 0 Å². The van der Waals surface area contributed by atoms with Gasteiger partial charge in [0.05, 0.1) is 6.10 Å². The zero-order valence-corrected chi connectivity index (χ0v) is 12.8. The normalized spacial score (nSPS) is 12.1. The molecule has 1 unspecified atom stereocenters. The van der Waals surface area contributed by atoms with Gasteiger partial charge in [-0.25, -0.2) is 0 Å². The number of aliphatic hydroxyl groups excluding tert-OH is 1. The minimum Gasteiger partial charge on any atom is -0.393 e. The Kier molecular flexibility index (Phi) is 5.77.